The fraction of sp³-hybridized carbons (Fsp3) is 0.355. The maximum atomic E-state index is 13.8. The van der Waals surface area contributed by atoms with Crippen molar-refractivity contribution < 1.29 is 9.59 Å². The molecular weight excluding hydrogens is 500 g/mol. The quantitative estimate of drug-likeness (QED) is 0.302. The molecule has 0 radical (unpaired) electrons. The first kappa shape index (κ1) is 27.3. The third-order valence-electron chi connectivity index (χ3n) is 7.02. The minimum atomic E-state index is -0.587. The zero-order chi connectivity index (χ0) is 26.0. The zero-order valence-electron chi connectivity index (χ0n) is 21.4. The topological polar surface area (TPSA) is 49.4 Å². The number of halogens is 1. The van der Waals surface area contributed by atoms with Crippen LogP contribution in [0.3, 0.4) is 0 Å². The molecule has 1 saturated carbocycles. The van der Waals surface area contributed by atoms with Gasteiger partial charge in [0.05, 0.1) is 5.75 Å². The lowest BCUT2D eigenvalue weighted by atomic mass is 10.0. The van der Waals surface area contributed by atoms with Crippen LogP contribution >= 0.6 is 23.4 Å². The Morgan fingerprint density at radius 2 is 1.59 bits per heavy atom. The lowest BCUT2D eigenvalue weighted by Crippen LogP contribution is -2.52. The molecule has 1 aliphatic rings. The summed E-state index contributed by atoms with van der Waals surface area (Å²) in [4.78, 5) is 29.3. The molecule has 1 N–H and O–H groups in total. The van der Waals surface area contributed by atoms with Crippen LogP contribution in [0.5, 0.6) is 0 Å². The smallest absolute Gasteiger partial charge is 0.243 e. The summed E-state index contributed by atoms with van der Waals surface area (Å²) in [6.07, 6.45) is 4.76. The molecule has 4 rings (SSSR count). The van der Waals surface area contributed by atoms with Crippen molar-refractivity contribution in [2.45, 2.75) is 63.4 Å². The summed E-state index contributed by atoms with van der Waals surface area (Å²) in [5.74, 6) is 0.817. The molecule has 194 valence electrons. The molecule has 1 fully saturated rings. The average molecular weight is 535 g/mol. The average Bonchev–Trinajstić information content (AvgIpc) is 3.42. The van der Waals surface area contributed by atoms with Crippen LogP contribution in [-0.2, 0) is 28.3 Å². The lowest BCUT2D eigenvalue weighted by molar-refractivity contribution is -0.139. The number of carbonyl (C=O) groups is 2. The minimum absolute atomic E-state index is 0.0391. The van der Waals surface area contributed by atoms with E-state index in [9.17, 15) is 9.59 Å². The highest BCUT2D eigenvalue weighted by Gasteiger charge is 2.32. The standard InChI is InChI=1S/C31H35ClN2O2S/c1-23-11-5-6-14-25(23)20-34(30(35)22-37-21-26-15-7-10-18-28(26)32)29(19-24-12-3-2-4-13-24)31(36)33-27-16-8-9-17-27/h2-7,10-15,18,27,29H,8-9,16-17,19-22H2,1H3,(H,33,36)/t29-/m0/s1. The van der Waals surface area contributed by atoms with Gasteiger partial charge in [-0.05, 0) is 48.1 Å². The van der Waals surface area contributed by atoms with Crippen molar-refractivity contribution in [3.05, 3.63) is 106 Å². The van der Waals surface area contributed by atoms with Gasteiger partial charge in [0.15, 0.2) is 0 Å². The third-order valence-corrected chi connectivity index (χ3v) is 8.35. The predicted molar refractivity (Wildman–Crippen MR) is 154 cm³/mol. The number of thioether (sulfide) groups is 1. The number of carbonyl (C=O) groups excluding carboxylic acids is 2. The lowest BCUT2D eigenvalue weighted by Gasteiger charge is -2.32. The van der Waals surface area contributed by atoms with Crippen LogP contribution in [0.25, 0.3) is 0 Å². The largest absolute Gasteiger partial charge is 0.352 e. The van der Waals surface area contributed by atoms with E-state index in [-0.39, 0.29) is 23.6 Å². The van der Waals surface area contributed by atoms with Crippen molar-refractivity contribution in [1.82, 2.24) is 10.2 Å². The van der Waals surface area contributed by atoms with Gasteiger partial charge in [0.25, 0.3) is 0 Å². The van der Waals surface area contributed by atoms with E-state index >= 15 is 0 Å². The predicted octanol–water partition coefficient (Wildman–Crippen LogP) is 6.58. The Bertz CT molecular complexity index is 1180. The van der Waals surface area contributed by atoms with Crippen LogP contribution < -0.4 is 5.32 Å². The van der Waals surface area contributed by atoms with Gasteiger partial charge in [-0.1, -0.05) is 97.2 Å². The monoisotopic (exact) mass is 534 g/mol. The van der Waals surface area contributed by atoms with E-state index in [2.05, 4.69) is 18.3 Å². The summed E-state index contributed by atoms with van der Waals surface area (Å²) in [6.45, 7) is 2.45. The molecule has 0 bridgehead atoms. The Labute approximate surface area is 229 Å². The second-order valence-corrected chi connectivity index (χ2v) is 11.1. The van der Waals surface area contributed by atoms with Gasteiger partial charge in [-0.15, -0.1) is 11.8 Å². The Hall–Kier alpha value is -2.76. The van der Waals surface area contributed by atoms with E-state index in [0.717, 1.165) is 47.9 Å². The zero-order valence-corrected chi connectivity index (χ0v) is 22.9. The molecular formula is C31H35ClN2O2S. The highest BCUT2D eigenvalue weighted by molar-refractivity contribution is 7.99. The summed E-state index contributed by atoms with van der Waals surface area (Å²) in [7, 11) is 0. The molecule has 0 aliphatic heterocycles. The van der Waals surface area contributed by atoms with E-state index in [4.69, 9.17) is 11.6 Å². The van der Waals surface area contributed by atoms with E-state index in [1.165, 1.54) is 11.8 Å². The van der Waals surface area contributed by atoms with Gasteiger partial charge in [-0.2, -0.15) is 0 Å². The second-order valence-electron chi connectivity index (χ2n) is 9.73. The van der Waals surface area contributed by atoms with Crippen LogP contribution in [-0.4, -0.2) is 34.6 Å². The number of hydrogen-bond donors (Lipinski definition) is 1. The van der Waals surface area contributed by atoms with Gasteiger partial charge >= 0.3 is 0 Å². The highest BCUT2D eigenvalue weighted by Crippen LogP contribution is 2.24. The number of aryl methyl sites for hydroxylation is 1. The van der Waals surface area contributed by atoms with Crippen LogP contribution in [0.1, 0.15) is 47.9 Å². The third kappa shape index (κ3) is 7.86. The number of amides is 2. The first-order valence-corrected chi connectivity index (χ1v) is 14.5. The molecule has 1 aliphatic carbocycles. The van der Waals surface area contributed by atoms with Gasteiger partial charge in [0.2, 0.25) is 11.8 Å². The minimum Gasteiger partial charge on any atom is -0.352 e. The molecule has 6 heteroatoms. The number of rotatable bonds is 11. The molecule has 0 heterocycles. The molecule has 2 amide bonds. The van der Waals surface area contributed by atoms with Crippen LogP contribution in [0.15, 0.2) is 78.9 Å². The fourth-order valence-corrected chi connectivity index (χ4v) is 6.04. The van der Waals surface area contributed by atoms with Gasteiger partial charge in [0, 0.05) is 29.8 Å². The number of benzene rings is 3. The molecule has 0 spiro atoms. The van der Waals surface area contributed by atoms with Gasteiger partial charge in [-0.3, -0.25) is 9.59 Å². The van der Waals surface area contributed by atoms with Crippen LogP contribution in [0.4, 0.5) is 0 Å². The Morgan fingerprint density at radius 3 is 2.30 bits per heavy atom. The summed E-state index contributed by atoms with van der Waals surface area (Å²) in [5, 5.41) is 3.97. The fourth-order valence-electron chi connectivity index (χ4n) is 4.84. The highest BCUT2D eigenvalue weighted by atomic mass is 35.5. The van der Waals surface area contributed by atoms with E-state index in [0.29, 0.717) is 23.7 Å². The SMILES string of the molecule is Cc1ccccc1CN(C(=O)CSCc1ccccc1Cl)[C@@H](Cc1ccccc1)C(=O)NC1CCCC1. The Balaban J connectivity index is 1.58. The molecule has 3 aromatic carbocycles. The Morgan fingerprint density at radius 1 is 0.946 bits per heavy atom. The normalized spacial score (nSPS) is 14.3. The van der Waals surface area contributed by atoms with Crippen molar-refractivity contribution >= 4 is 35.2 Å². The van der Waals surface area contributed by atoms with Crippen molar-refractivity contribution in [3.63, 3.8) is 0 Å². The van der Waals surface area contributed by atoms with E-state index in [1.54, 1.807) is 4.90 Å². The number of hydrogen-bond acceptors (Lipinski definition) is 3. The van der Waals surface area contributed by atoms with E-state index < -0.39 is 6.04 Å². The molecule has 37 heavy (non-hydrogen) atoms. The number of nitrogens with one attached hydrogen (secondary N) is 1. The second kappa shape index (κ2) is 13.7. The molecule has 0 unspecified atom stereocenters. The molecule has 3 aromatic rings. The first-order valence-electron chi connectivity index (χ1n) is 13.0. The van der Waals surface area contributed by atoms with E-state index in [1.807, 2.05) is 72.8 Å². The molecule has 1 atom stereocenters. The molecule has 0 aromatic heterocycles. The van der Waals surface area contributed by atoms with Crippen LogP contribution in [0, 0.1) is 6.92 Å². The van der Waals surface area contributed by atoms with Gasteiger partial charge < -0.3 is 10.2 Å². The van der Waals surface area contributed by atoms with Crippen molar-refractivity contribution in [3.8, 4) is 0 Å². The van der Waals surface area contributed by atoms with Crippen molar-refractivity contribution in [2.75, 3.05) is 5.75 Å². The van der Waals surface area contributed by atoms with Crippen molar-refractivity contribution in [2.24, 2.45) is 0 Å². The molecule has 0 saturated heterocycles. The van der Waals surface area contributed by atoms with Crippen LogP contribution in [0.2, 0.25) is 5.02 Å². The first-order chi connectivity index (χ1) is 18.0. The summed E-state index contributed by atoms with van der Waals surface area (Å²) < 4.78 is 0. The maximum Gasteiger partial charge on any atom is 0.243 e. The summed E-state index contributed by atoms with van der Waals surface area (Å²) in [5.41, 5.74) is 4.21. The van der Waals surface area contributed by atoms with Crippen molar-refractivity contribution in [1.29, 1.82) is 0 Å². The van der Waals surface area contributed by atoms with Gasteiger partial charge in [-0.25, -0.2) is 0 Å². The summed E-state index contributed by atoms with van der Waals surface area (Å²) >= 11 is 7.86. The van der Waals surface area contributed by atoms with Gasteiger partial charge in [0.1, 0.15) is 6.04 Å². The molecule has 4 nitrogen and oxygen atoms in total. The Kier molecular flexibility index (Phi) is 10.1. The summed E-state index contributed by atoms with van der Waals surface area (Å²) in [6, 6.07) is 25.4. The number of nitrogens with zero attached hydrogens (tertiary/aromatic N) is 1. The maximum absolute atomic E-state index is 13.8.